The molecule has 1 aromatic heterocycles. The summed E-state index contributed by atoms with van der Waals surface area (Å²) in [6, 6.07) is 3.79. The number of sulfonamides is 1. The summed E-state index contributed by atoms with van der Waals surface area (Å²) in [5, 5.41) is 4.19. The monoisotopic (exact) mass is 321 g/mol. The fourth-order valence-electron chi connectivity index (χ4n) is 2.70. The highest BCUT2D eigenvalue weighted by Crippen LogP contribution is 2.21. The molecule has 5 nitrogen and oxygen atoms in total. The van der Waals surface area contributed by atoms with Gasteiger partial charge in [0.2, 0.25) is 10.0 Å². The molecule has 0 bridgehead atoms. The summed E-state index contributed by atoms with van der Waals surface area (Å²) in [4.78, 5) is 0.396. The van der Waals surface area contributed by atoms with Crippen molar-refractivity contribution < 1.29 is 8.42 Å². The van der Waals surface area contributed by atoms with Gasteiger partial charge in [-0.1, -0.05) is 17.7 Å². The molecule has 2 rings (SSSR count). The minimum atomic E-state index is -3.47. The lowest BCUT2D eigenvalue weighted by atomic mass is 10.1. The fourth-order valence-corrected chi connectivity index (χ4v) is 4.22. The molecule has 0 unspecified atom stereocenters. The lowest BCUT2D eigenvalue weighted by Gasteiger charge is -2.13. The quantitative estimate of drug-likeness (QED) is 0.831. The van der Waals surface area contributed by atoms with Crippen LogP contribution in [0.15, 0.2) is 29.4 Å². The van der Waals surface area contributed by atoms with Crippen LogP contribution in [0.2, 0.25) is 0 Å². The van der Waals surface area contributed by atoms with Gasteiger partial charge in [0, 0.05) is 19.3 Å². The zero-order chi connectivity index (χ0) is 16.3. The van der Waals surface area contributed by atoms with Crippen molar-refractivity contribution in [3.05, 3.63) is 46.8 Å². The summed E-state index contributed by atoms with van der Waals surface area (Å²) in [7, 11) is -3.47. The van der Waals surface area contributed by atoms with Gasteiger partial charge in [0.05, 0.1) is 11.1 Å². The molecule has 0 aliphatic heterocycles. The third-order valence-electron chi connectivity index (χ3n) is 3.49. The fraction of sp³-hybridized carbons (Fsp3) is 0.438. The Kier molecular flexibility index (Phi) is 5.03. The first-order valence-electron chi connectivity index (χ1n) is 7.36. The van der Waals surface area contributed by atoms with E-state index in [9.17, 15) is 8.42 Å². The molecule has 1 heterocycles. The van der Waals surface area contributed by atoms with Crippen LogP contribution in [0.25, 0.3) is 0 Å². The highest BCUT2D eigenvalue weighted by atomic mass is 32.2. The van der Waals surface area contributed by atoms with Crippen LogP contribution in [0.4, 0.5) is 0 Å². The Bertz CT molecular complexity index is 740. The Morgan fingerprint density at radius 3 is 2.27 bits per heavy atom. The minimum absolute atomic E-state index is 0.396. The number of hydrogen-bond donors (Lipinski definition) is 1. The number of hydrogen-bond acceptors (Lipinski definition) is 3. The van der Waals surface area contributed by atoms with Gasteiger partial charge in [-0.2, -0.15) is 5.10 Å². The lowest BCUT2D eigenvalue weighted by Crippen LogP contribution is -2.27. The molecule has 2 aromatic rings. The van der Waals surface area contributed by atoms with Gasteiger partial charge in [-0.05, 0) is 50.8 Å². The van der Waals surface area contributed by atoms with E-state index in [4.69, 9.17) is 0 Å². The predicted molar refractivity (Wildman–Crippen MR) is 87.4 cm³/mol. The van der Waals surface area contributed by atoms with Gasteiger partial charge < -0.3 is 0 Å². The number of rotatable bonds is 6. The van der Waals surface area contributed by atoms with E-state index < -0.39 is 10.0 Å². The zero-order valence-electron chi connectivity index (χ0n) is 13.5. The Hall–Kier alpha value is -1.66. The lowest BCUT2D eigenvalue weighted by molar-refractivity contribution is 0.552. The number of aromatic nitrogens is 2. The molecule has 1 aromatic carbocycles. The summed E-state index contributed by atoms with van der Waals surface area (Å²) in [6.07, 6.45) is 4.44. The Balaban J connectivity index is 2.00. The number of aryl methyl sites for hydroxylation is 5. The van der Waals surface area contributed by atoms with E-state index in [0.29, 0.717) is 24.4 Å². The van der Waals surface area contributed by atoms with Crippen molar-refractivity contribution in [2.45, 2.75) is 45.6 Å². The van der Waals surface area contributed by atoms with Gasteiger partial charge in [-0.15, -0.1) is 0 Å². The van der Waals surface area contributed by atoms with E-state index in [-0.39, 0.29) is 0 Å². The van der Waals surface area contributed by atoms with Crippen molar-refractivity contribution in [1.29, 1.82) is 0 Å². The molecule has 0 amide bonds. The molecule has 0 spiro atoms. The number of nitrogens with one attached hydrogen (secondary N) is 1. The van der Waals surface area contributed by atoms with Gasteiger partial charge in [0.15, 0.2) is 0 Å². The summed E-state index contributed by atoms with van der Waals surface area (Å²) < 4.78 is 29.4. The second-order valence-electron chi connectivity index (χ2n) is 5.76. The standard InChI is InChI=1S/C16H23N3O2S/c1-12-8-14(3)16(15(4)9-12)22(20,21)18-6-5-7-19-11-13(2)10-17-19/h8-11,18H,5-7H2,1-4H3. The largest absolute Gasteiger partial charge is 0.272 e. The van der Waals surface area contributed by atoms with Crippen LogP contribution in [0.3, 0.4) is 0 Å². The molecule has 0 saturated heterocycles. The Labute approximate surface area is 132 Å². The van der Waals surface area contributed by atoms with Crippen LogP contribution in [0.5, 0.6) is 0 Å². The van der Waals surface area contributed by atoms with E-state index in [1.807, 2.05) is 50.7 Å². The molecular weight excluding hydrogens is 298 g/mol. The summed E-state index contributed by atoms with van der Waals surface area (Å²) in [5.74, 6) is 0. The van der Waals surface area contributed by atoms with Crippen molar-refractivity contribution >= 4 is 10.0 Å². The highest BCUT2D eigenvalue weighted by Gasteiger charge is 2.19. The van der Waals surface area contributed by atoms with E-state index in [0.717, 1.165) is 22.3 Å². The maximum absolute atomic E-state index is 12.5. The topological polar surface area (TPSA) is 64.0 Å². The van der Waals surface area contributed by atoms with Crippen LogP contribution in [0, 0.1) is 27.7 Å². The maximum Gasteiger partial charge on any atom is 0.241 e. The van der Waals surface area contributed by atoms with Crippen molar-refractivity contribution in [3.8, 4) is 0 Å². The molecule has 1 N–H and O–H groups in total. The van der Waals surface area contributed by atoms with Crippen LogP contribution >= 0.6 is 0 Å². The van der Waals surface area contributed by atoms with Gasteiger partial charge in [-0.25, -0.2) is 13.1 Å². The first kappa shape index (κ1) is 16.7. The van der Waals surface area contributed by atoms with E-state index in [2.05, 4.69) is 9.82 Å². The average molecular weight is 321 g/mol. The van der Waals surface area contributed by atoms with Crippen molar-refractivity contribution in [2.24, 2.45) is 0 Å². The number of nitrogens with zero attached hydrogens (tertiary/aromatic N) is 2. The average Bonchev–Trinajstić information content (AvgIpc) is 2.79. The second-order valence-corrected chi connectivity index (χ2v) is 7.46. The SMILES string of the molecule is Cc1cc(C)c(S(=O)(=O)NCCCn2cc(C)cn2)c(C)c1. The second kappa shape index (κ2) is 6.62. The smallest absolute Gasteiger partial charge is 0.241 e. The first-order chi connectivity index (χ1) is 10.3. The van der Waals surface area contributed by atoms with Crippen molar-refractivity contribution in [2.75, 3.05) is 6.54 Å². The van der Waals surface area contributed by atoms with Gasteiger partial charge in [0.1, 0.15) is 0 Å². The molecule has 0 radical (unpaired) electrons. The van der Waals surface area contributed by atoms with E-state index >= 15 is 0 Å². The molecule has 6 heteroatoms. The normalized spacial score (nSPS) is 11.8. The molecule has 22 heavy (non-hydrogen) atoms. The highest BCUT2D eigenvalue weighted by molar-refractivity contribution is 7.89. The predicted octanol–water partition coefficient (Wildman–Crippen LogP) is 2.49. The Morgan fingerprint density at radius 2 is 1.73 bits per heavy atom. The maximum atomic E-state index is 12.5. The van der Waals surface area contributed by atoms with Gasteiger partial charge in [0.25, 0.3) is 0 Å². The molecule has 0 fully saturated rings. The van der Waals surface area contributed by atoms with E-state index in [1.54, 1.807) is 6.20 Å². The molecule has 0 saturated carbocycles. The molecular formula is C16H23N3O2S. The van der Waals surface area contributed by atoms with Crippen LogP contribution in [0.1, 0.15) is 28.7 Å². The Morgan fingerprint density at radius 1 is 1.09 bits per heavy atom. The number of benzene rings is 1. The van der Waals surface area contributed by atoms with Crippen LogP contribution in [-0.2, 0) is 16.6 Å². The molecule has 0 atom stereocenters. The summed E-state index contributed by atoms with van der Waals surface area (Å²) in [5.41, 5.74) is 3.75. The molecule has 0 aliphatic rings. The first-order valence-corrected chi connectivity index (χ1v) is 8.84. The van der Waals surface area contributed by atoms with Crippen LogP contribution < -0.4 is 4.72 Å². The van der Waals surface area contributed by atoms with Gasteiger partial charge in [-0.3, -0.25) is 4.68 Å². The van der Waals surface area contributed by atoms with Crippen molar-refractivity contribution in [3.63, 3.8) is 0 Å². The summed E-state index contributed by atoms with van der Waals surface area (Å²) in [6.45, 7) is 8.71. The van der Waals surface area contributed by atoms with Gasteiger partial charge >= 0.3 is 0 Å². The third kappa shape index (κ3) is 3.96. The summed E-state index contributed by atoms with van der Waals surface area (Å²) >= 11 is 0. The van der Waals surface area contributed by atoms with Crippen molar-refractivity contribution in [1.82, 2.24) is 14.5 Å². The third-order valence-corrected chi connectivity index (χ3v) is 5.26. The van der Waals surface area contributed by atoms with E-state index in [1.165, 1.54) is 0 Å². The molecule has 120 valence electrons. The minimum Gasteiger partial charge on any atom is -0.272 e. The zero-order valence-corrected chi connectivity index (χ0v) is 14.4. The van der Waals surface area contributed by atoms with Crippen LogP contribution in [-0.4, -0.2) is 24.7 Å². The molecule has 0 aliphatic carbocycles.